The van der Waals surface area contributed by atoms with Gasteiger partial charge in [0, 0.05) is 18.3 Å². The van der Waals surface area contributed by atoms with Gasteiger partial charge in [0.1, 0.15) is 0 Å². The van der Waals surface area contributed by atoms with Crippen molar-refractivity contribution in [1.29, 1.82) is 0 Å². The molecular weight excluding hydrogens is 180 g/mol. The maximum absolute atomic E-state index is 11.5. The summed E-state index contributed by atoms with van der Waals surface area (Å²) in [6.07, 6.45) is 2.30. The van der Waals surface area contributed by atoms with E-state index in [4.69, 9.17) is 0 Å². The van der Waals surface area contributed by atoms with E-state index in [2.05, 4.69) is 10.3 Å². The number of hydrogen-bond donors (Lipinski definition) is 2. The van der Waals surface area contributed by atoms with Gasteiger partial charge in [0.25, 0.3) is 5.91 Å². The molecule has 1 atom stereocenters. The highest BCUT2D eigenvalue weighted by atomic mass is 16.1. The summed E-state index contributed by atoms with van der Waals surface area (Å²) in [6.45, 7) is 3.93. The van der Waals surface area contributed by atoms with Gasteiger partial charge < -0.3 is 10.3 Å². The van der Waals surface area contributed by atoms with Crippen molar-refractivity contribution in [3.63, 3.8) is 0 Å². The highest BCUT2D eigenvalue weighted by Crippen LogP contribution is 1.95. The average Bonchev–Trinajstić information content (AvgIpc) is 2.18. The molecule has 4 nitrogen and oxygen atoms in total. The Labute approximate surface area is 82.3 Å². The van der Waals surface area contributed by atoms with E-state index in [1.54, 1.807) is 0 Å². The second-order valence-electron chi connectivity index (χ2n) is 3.22. The van der Waals surface area contributed by atoms with Crippen molar-refractivity contribution < 1.29 is 4.79 Å². The summed E-state index contributed by atoms with van der Waals surface area (Å²) in [4.78, 5) is 24.7. The first-order valence-electron chi connectivity index (χ1n) is 4.63. The molecule has 4 heteroatoms. The topological polar surface area (TPSA) is 62.0 Å². The SMILES string of the molecule is CCC(C)NC(=O)c1ccc(=O)[nH]c1. The number of amides is 1. The van der Waals surface area contributed by atoms with Gasteiger partial charge in [-0.25, -0.2) is 0 Å². The fourth-order valence-corrected chi connectivity index (χ4v) is 0.961. The lowest BCUT2D eigenvalue weighted by molar-refractivity contribution is 0.0939. The van der Waals surface area contributed by atoms with Crippen molar-refractivity contribution in [2.24, 2.45) is 0 Å². The minimum atomic E-state index is -0.204. The van der Waals surface area contributed by atoms with Gasteiger partial charge in [-0.05, 0) is 19.4 Å². The van der Waals surface area contributed by atoms with Crippen LogP contribution in [0.25, 0.3) is 0 Å². The molecule has 1 aromatic rings. The number of carbonyl (C=O) groups excluding carboxylic acids is 1. The lowest BCUT2D eigenvalue weighted by atomic mass is 10.2. The van der Waals surface area contributed by atoms with Crippen LogP contribution in [0.2, 0.25) is 0 Å². The van der Waals surface area contributed by atoms with Crippen LogP contribution in [-0.2, 0) is 0 Å². The maximum atomic E-state index is 11.5. The van der Waals surface area contributed by atoms with Crippen molar-refractivity contribution >= 4 is 5.91 Å². The lowest BCUT2D eigenvalue weighted by Gasteiger charge is -2.10. The van der Waals surface area contributed by atoms with Gasteiger partial charge in [0.05, 0.1) is 5.56 Å². The molecule has 0 aliphatic rings. The van der Waals surface area contributed by atoms with Gasteiger partial charge >= 0.3 is 0 Å². The molecule has 0 aromatic carbocycles. The number of hydrogen-bond acceptors (Lipinski definition) is 2. The number of nitrogens with one attached hydrogen (secondary N) is 2. The average molecular weight is 194 g/mol. The summed E-state index contributed by atoms with van der Waals surface area (Å²) in [5.41, 5.74) is 0.273. The van der Waals surface area contributed by atoms with Crippen molar-refractivity contribution in [3.8, 4) is 0 Å². The standard InChI is InChI=1S/C10H14N2O2/c1-3-7(2)12-10(14)8-4-5-9(13)11-6-8/h4-7H,3H2,1-2H3,(H,11,13)(H,12,14). The molecule has 76 valence electrons. The summed E-state index contributed by atoms with van der Waals surface area (Å²) in [5.74, 6) is -0.157. The second kappa shape index (κ2) is 4.60. The highest BCUT2D eigenvalue weighted by Gasteiger charge is 2.07. The summed E-state index contributed by atoms with van der Waals surface area (Å²) in [5, 5.41) is 2.80. The smallest absolute Gasteiger partial charge is 0.252 e. The minimum absolute atomic E-state index is 0.148. The molecule has 0 fully saturated rings. The van der Waals surface area contributed by atoms with E-state index >= 15 is 0 Å². The quantitative estimate of drug-likeness (QED) is 0.751. The first-order chi connectivity index (χ1) is 6.63. The van der Waals surface area contributed by atoms with Crippen LogP contribution in [0.3, 0.4) is 0 Å². The predicted octanol–water partition coefficient (Wildman–Crippen LogP) is 0.903. The zero-order valence-corrected chi connectivity index (χ0v) is 8.33. The van der Waals surface area contributed by atoms with Crippen LogP contribution in [0.1, 0.15) is 30.6 Å². The Morgan fingerprint density at radius 2 is 2.29 bits per heavy atom. The third-order valence-corrected chi connectivity index (χ3v) is 2.04. The molecule has 0 spiro atoms. The monoisotopic (exact) mass is 194 g/mol. The zero-order valence-electron chi connectivity index (χ0n) is 8.33. The van der Waals surface area contributed by atoms with E-state index in [0.717, 1.165) is 6.42 Å². The molecule has 0 aliphatic heterocycles. The Kier molecular flexibility index (Phi) is 3.45. The van der Waals surface area contributed by atoms with Crippen LogP contribution in [0, 0.1) is 0 Å². The number of aromatic nitrogens is 1. The number of aromatic amines is 1. The minimum Gasteiger partial charge on any atom is -0.350 e. The van der Waals surface area contributed by atoms with Crippen LogP contribution in [-0.4, -0.2) is 16.9 Å². The summed E-state index contributed by atoms with van der Waals surface area (Å²) in [6, 6.07) is 3.00. The van der Waals surface area contributed by atoms with Gasteiger partial charge in [-0.1, -0.05) is 6.92 Å². The number of H-pyrrole nitrogens is 1. The molecule has 1 rings (SSSR count). The first kappa shape index (κ1) is 10.5. The Hall–Kier alpha value is -1.58. The van der Waals surface area contributed by atoms with Crippen molar-refractivity contribution in [1.82, 2.24) is 10.3 Å². The van der Waals surface area contributed by atoms with Gasteiger partial charge in [-0.2, -0.15) is 0 Å². The van der Waals surface area contributed by atoms with Crippen LogP contribution in [0.5, 0.6) is 0 Å². The lowest BCUT2D eigenvalue weighted by Crippen LogP contribution is -2.32. The van der Waals surface area contributed by atoms with Gasteiger partial charge in [0.2, 0.25) is 5.56 Å². The summed E-state index contributed by atoms with van der Waals surface area (Å²) < 4.78 is 0. The van der Waals surface area contributed by atoms with Gasteiger partial charge in [-0.15, -0.1) is 0 Å². The molecule has 1 amide bonds. The van der Waals surface area contributed by atoms with Crippen LogP contribution >= 0.6 is 0 Å². The second-order valence-corrected chi connectivity index (χ2v) is 3.22. The number of rotatable bonds is 3. The predicted molar refractivity (Wildman–Crippen MR) is 54.3 cm³/mol. The van der Waals surface area contributed by atoms with E-state index < -0.39 is 0 Å². The normalized spacial score (nSPS) is 12.1. The summed E-state index contributed by atoms with van der Waals surface area (Å²) >= 11 is 0. The zero-order chi connectivity index (χ0) is 10.6. The molecule has 1 heterocycles. The van der Waals surface area contributed by atoms with E-state index in [9.17, 15) is 9.59 Å². The Bertz CT molecular complexity index is 350. The largest absolute Gasteiger partial charge is 0.350 e. The number of carbonyl (C=O) groups is 1. The molecule has 0 radical (unpaired) electrons. The molecule has 14 heavy (non-hydrogen) atoms. The molecule has 1 aromatic heterocycles. The molecule has 0 bridgehead atoms. The maximum Gasteiger partial charge on any atom is 0.252 e. The van der Waals surface area contributed by atoms with Crippen molar-refractivity contribution in [2.75, 3.05) is 0 Å². The van der Waals surface area contributed by atoms with Gasteiger partial charge in [-0.3, -0.25) is 9.59 Å². The van der Waals surface area contributed by atoms with Crippen LogP contribution in [0.15, 0.2) is 23.1 Å². The molecule has 0 aliphatic carbocycles. The van der Waals surface area contributed by atoms with Crippen LogP contribution < -0.4 is 10.9 Å². The van der Waals surface area contributed by atoms with E-state index in [1.165, 1.54) is 18.3 Å². The highest BCUT2D eigenvalue weighted by molar-refractivity contribution is 5.93. The van der Waals surface area contributed by atoms with Crippen molar-refractivity contribution in [3.05, 3.63) is 34.2 Å². The molecule has 0 saturated heterocycles. The van der Waals surface area contributed by atoms with Gasteiger partial charge in [0.15, 0.2) is 0 Å². The number of pyridine rings is 1. The van der Waals surface area contributed by atoms with E-state index in [-0.39, 0.29) is 17.5 Å². The van der Waals surface area contributed by atoms with E-state index in [0.29, 0.717) is 5.56 Å². The third-order valence-electron chi connectivity index (χ3n) is 2.04. The first-order valence-corrected chi connectivity index (χ1v) is 4.63. The Morgan fingerprint density at radius 3 is 2.79 bits per heavy atom. The third kappa shape index (κ3) is 2.73. The fraction of sp³-hybridized carbons (Fsp3) is 0.400. The molecule has 0 saturated carbocycles. The van der Waals surface area contributed by atoms with Crippen LogP contribution in [0.4, 0.5) is 0 Å². The molecule has 1 unspecified atom stereocenters. The molecular formula is C10H14N2O2. The van der Waals surface area contributed by atoms with Crippen molar-refractivity contribution in [2.45, 2.75) is 26.3 Å². The Morgan fingerprint density at radius 1 is 1.57 bits per heavy atom. The van der Waals surface area contributed by atoms with E-state index in [1.807, 2.05) is 13.8 Å². The fourth-order valence-electron chi connectivity index (χ4n) is 0.961. The summed E-state index contributed by atoms with van der Waals surface area (Å²) in [7, 11) is 0. The Balaban J connectivity index is 2.70. The molecule has 2 N–H and O–H groups in total.